The van der Waals surface area contributed by atoms with Crippen LogP contribution in [0.3, 0.4) is 0 Å². The van der Waals surface area contributed by atoms with E-state index in [0.29, 0.717) is 19.3 Å². The van der Waals surface area contributed by atoms with E-state index in [1.165, 1.54) is 205 Å². The average Bonchev–Trinajstić information content (AvgIpc) is 3.37. The van der Waals surface area contributed by atoms with E-state index in [1.54, 1.807) is 0 Å². The number of rotatable bonds is 57. The van der Waals surface area contributed by atoms with Crippen LogP contribution in [-0.2, 0) is 28.6 Å². The molecule has 0 amide bonds. The summed E-state index contributed by atoms with van der Waals surface area (Å²) in [5.74, 6) is -0.907. The smallest absolute Gasteiger partial charge is 0.306 e. The zero-order chi connectivity index (χ0) is 51.4. The fraction of sp³-hybridized carbons (Fsp3) is 0.831. The number of unbranched alkanes of at least 4 members (excludes halogenated alkanes) is 38. The van der Waals surface area contributed by atoms with Crippen molar-refractivity contribution in [1.82, 2.24) is 0 Å². The van der Waals surface area contributed by atoms with Gasteiger partial charge in [-0.15, -0.1) is 0 Å². The van der Waals surface area contributed by atoms with Crippen molar-refractivity contribution < 1.29 is 28.6 Å². The van der Waals surface area contributed by atoms with Crippen LogP contribution in [0.4, 0.5) is 0 Å². The minimum absolute atomic E-state index is 0.0853. The molecule has 0 spiro atoms. The molecule has 0 N–H and O–H groups in total. The molecular weight excluding hydrogens is 877 g/mol. The molecular formula is C65H118O6. The Labute approximate surface area is 441 Å². The molecule has 0 bridgehead atoms. The lowest BCUT2D eigenvalue weighted by molar-refractivity contribution is -0.167. The van der Waals surface area contributed by atoms with Crippen molar-refractivity contribution >= 4 is 17.9 Å². The largest absolute Gasteiger partial charge is 0.462 e. The third kappa shape index (κ3) is 58.1. The summed E-state index contributed by atoms with van der Waals surface area (Å²) in [5, 5.41) is 0. The number of carbonyl (C=O) groups excluding carboxylic acids is 3. The molecule has 0 aromatic heterocycles. The lowest BCUT2D eigenvalue weighted by Gasteiger charge is -2.18. The Hall–Kier alpha value is -2.63. The van der Waals surface area contributed by atoms with Gasteiger partial charge in [0.05, 0.1) is 0 Å². The van der Waals surface area contributed by atoms with Crippen LogP contribution in [-0.4, -0.2) is 37.2 Å². The summed E-state index contributed by atoms with van der Waals surface area (Å²) in [5.41, 5.74) is 0. The first kappa shape index (κ1) is 68.4. The topological polar surface area (TPSA) is 78.9 Å². The Morgan fingerprint density at radius 2 is 0.549 bits per heavy atom. The summed E-state index contributed by atoms with van der Waals surface area (Å²) < 4.78 is 16.9. The predicted octanol–water partition coefficient (Wildman–Crippen LogP) is 21.0. The van der Waals surface area contributed by atoms with Gasteiger partial charge >= 0.3 is 17.9 Å². The van der Waals surface area contributed by atoms with Crippen molar-refractivity contribution in [2.45, 2.75) is 335 Å². The molecule has 0 aromatic carbocycles. The van der Waals surface area contributed by atoms with Crippen molar-refractivity contribution in [2.75, 3.05) is 13.2 Å². The Kier molecular flexibility index (Phi) is 57.7. The minimum atomic E-state index is -0.791. The van der Waals surface area contributed by atoms with E-state index in [9.17, 15) is 14.4 Å². The van der Waals surface area contributed by atoms with E-state index >= 15 is 0 Å². The number of allylic oxidation sites excluding steroid dienone is 8. The Balaban J connectivity index is 4.28. The lowest BCUT2D eigenvalue weighted by Crippen LogP contribution is -2.30. The van der Waals surface area contributed by atoms with Crippen LogP contribution in [0.5, 0.6) is 0 Å². The first-order valence-electron chi connectivity index (χ1n) is 31.1. The van der Waals surface area contributed by atoms with Crippen molar-refractivity contribution in [3.63, 3.8) is 0 Å². The summed E-state index contributed by atoms with van der Waals surface area (Å²) in [6, 6.07) is 0. The summed E-state index contributed by atoms with van der Waals surface area (Å²) in [6.45, 7) is 6.54. The molecule has 0 radical (unpaired) electrons. The van der Waals surface area contributed by atoms with Gasteiger partial charge in [0.2, 0.25) is 0 Å². The van der Waals surface area contributed by atoms with Gasteiger partial charge in [0.25, 0.3) is 0 Å². The number of carbonyl (C=O) groups is 3. The SMILES string of the molecule is CC/C=C\C/C=C\C/C=C\C/C=C\CCCCC(=O)OC(COC(=O)CCCCCCCCCCCCCCCC)COC(=O)CCCCCCCCCCCCCCCCCCCCCCCCCC. The number of hydrogen-bond donors (Lipinski definition) is 0. The molecule has 414 valence electrons. The molecule has 6 nitrogen and oxygen atoms in total. The van der Waals surface area contributed by atoms with Crippen LogP contribution < -0.4 is 0 Å². The van der Waals surface area contributed by atoms with Gasteiger partial charge in [-0.05, 0) is 57.8 Å². The summed E-state index contributed by atoms with van der Waals surface area (Å²) in [6.07, 6.45) is 74.1. The van der Waals surface area contributed by atoms with E-state index in [2.05, 4.69) is 69.4 Å². The highest BCUT2D eigenvalue weighted by Gasteiger charge is 2.19. The van der Waals surface area contributed by atoms with Crippen molar-refractivity contribution in [3.05, 3.63) is 48.6 Å². The number of esters is 3. The van der Waals surface area contributed by atoms with Crippen molar-refractivity contribution in [1.29, 1.82) is 0 Å². The molecule has 0 rings (SSSR count). The normalized spacial score (nSPS) is 12.3. The first-order chi connectivity index (χ1) is 35.0. The van der Waals surface area contributed by atoms with E-state index in [-0.39, 0.29) is 37.5 Å². The third-order valence-corrected chi connectivity index (χ3v) is 13.8. The monoisotopic (exact) mass is 995 g/mol. The number of ether oxygens (including phenoxy) is 3. The van der Waals surface area contributed by atoms with E-state index in [1.807, 2.05) is 0 Å². The summed E-state index contributed by atoms with van der Waals surface area (Å²) in [7, 11) is 0. The molecule has 6 heteroatoms. The quantitative estimate of drug-likeness (QED) is 0.0261. The highest BCUT2D eigenvalue weighted by atomic mass is 16.6. The van der Waals surface area contributed by atoms with Crippen LogP contribution in [0.2, 0.25) is 0 Å². The number of hydrogen-bond acceptors (Lipinski definition) is 6. The summed E-state index contributed by atoms with van der Waals surface area (Å²) >= 11 is 0. The van der Waals surface area contributed by atoms with Gasteiger partial charge in [0, 0.05) is 19.3 Å². The van der Waals surface area contributed by atoms with E-state index in [0.717, 1.165) is 77.0 Å². The van der Waals surface area contributed by atoms with Crippen molar-refractivity contribution in [3.8, 4) is 0 Å². The van der Waals surface area contributed by atoms with Gasteiger partial charge in [0.1, 0.15) is 13.2 Å². The van der Waals surface area contributed by atoms with Crippen LogP contribution in [0, 0.1) is 0 Å². The second kappa shape index (κ2) is 59.9. The lowest BCUT2D eigenvalue weighted by atomic mass is 10.0. The molecule has 1 atom stereocenters. The van der Waals surface area contributed by atoms with E-state index < -0.39 is 6.10 Å². The molecule has 0 fully saturated rings. The molecule has 0 heterocycles. The Bertz CT molecular complexity index is 1230. The molecule has 0 saturated carbocycles. The molecule has 0 saturated heterocycles. The molecule has 0 aromatic rings. The molecule has 71 heavy (non-hydrogen) atoms. The molecule has 0 aliphatic rings. The second-order valence-corrected chi connectivity index (χ2v) is 21.0. The van der Waals surface area contributed by atoms with Gasteiger partial charge in [-0.3, -0.25) is 14.4 Å². The Morgan fingerprint density at radius 1 is 0.296 bits per heavy atom. The van der Waals surface area contributed by atoms with E-state index in [4.69, 9.17) is 14.2 Å². The maximum absolute atomic E-state index is 12.8. The van der Waals surface area contributed by atoms with Crippen molar-refractivity contribution in [2.24, 2.45) is 0 Å². The zero-order valence-electron chi connectivity index (χ0n) is 47.5. The maximum Gasteiger partial charge on any atom is 0.306 e. The average molecular weight is 996 g/mol. The molecule has 0 aliphatic carbocycles. The Morgan fingerprint density at radius 3 is 0.859 bits per heavy atom. The second-order valence-electron chi connectivity index (χ2n) is 21.0. The predicted molar refractivity (Wildman–Crippen MR) is 307 cm³/mol. The van der Waals surface area contributed by atoms with Crippen LogP contribution in [0.25, 0.3) is 0 Å². The highest BCUT2D eigenvalue weighted by molar-refractivity contribution is 5.71. The highest BCUT2D eigenvalue weighted by Crippen LogP contribution is 2.18. The van der Waals surface area contributed by atoms with Gasteiger partial charge in [-0.2, -0.15) is 0 Å². The summed E-state index contributed by atoms with van der Waals surface area (Å²) in [4.78, 5) is 38.2. The fourth-order valence-corrected chi connectivity index (χ4v) is 9.20. The van der Waals surface area contributed by atoms with Crippen LogP contribution in [0.1, 0.15) is 329 Å². The fourth-order valence-electron chi connectivity index (χ4n) is 9.20. The molecule has 0 aliphatic heterocycles. The maximum atomic E-state index is 12.8. The van der Waals surface area contributed by atoms with Crippen LogP contribution in [0.15, 0.2) is 48.6 Å². The third-order valence-electron chi connectivity index (χ3n) is 13.8. The minimum Gasteiger partial charge on any atom is -0.462 e. The van der Waals surface area contributed by atoms with Gasteiger partial charge < -0.3 is 14.2 Å². The zero-order valence-corrected chi connectivity index (χ0v) is 47.5. The van der Waals surface area contributed by atoms with Crippen LogP contribution >= 0.6 is 0 Å². The molecule has 1 unspecified atom stereocenters. The standard InChI is InChI=1S/C65H118O6/c1-4-7-10-13-16-19-22-25-28-29-30-31-32-33-34-35-36-38-40-43-46-49-52-55-58-64(67)70-61-62(60-69-63(66)57-54-51-48-45-42-39-27-24-21-18-15-12-9-6-3)71-65(68)59-56-53-50-47-44-41-37-26-23-20-17-14-11-8-5-2/h8,11,17,20,26,37,44,47,62H,4-7,9-10,12-16,18-19,21-25,27-36,38-43,45-46,48-61H2,1-3H3/b11-8-,20-17-,37-26-,47-44-. The van der Waals surface area contributed by atoms with Gasteiger partial charge in [0.15, 0.2) is 6.10 Å². The van der Waals surface area contributed by atoms with Gasteiger partial charge in [-0.25, -0.2) is 0 Å². The first-order valence-corrected chi connectivity index (χ1v) is 31.1. The van der Waals surface area contributed by atoms with Gasteiger partial charge in [-0.1, -0.05) is 301 Å².